The molecule has 3 unspecified atom stereocenters. The summed E-state index contributed by atoms with van der Waals surface area (Å²) in [5.74, 6) is -7.51. The zero-order valence-corrected chi connectivity index (χ0v) is 41.1. The summed E-state index contributed by atoms with van der Waals surface area (Å²) in [6.07, 6.45) is -9.51. The number of nitrogens with one attached hydrogen (secondary N) is 1. The van der Waals surface area contributed by atoms with E-state index in [4.69, 9.17) is 51.8 Å². The summed E-state index contributed by atoms with van der Waals surface area (Å²) < 4.78 is 140. The smallest absolute Gasteiger partial charge is 0.489 e. The van der Waals surface area contributed by atoms with Crippen molar-refractivity contribution in [3.8, 4) is 23.0 Å². The largest absolute Gasteiger partial charge is 0.501 e. The fourth-order valence-corrected chi connectivity index (χ4v) is 8.34. The van der Waals surface area contributed by atoms with E-state index in [1.807, 2.05) is 0 Å². The number of nitrogens with zero attached hydrogens (tertiary/aromatic N) is 3. The molecule has 29 heteroatoms. The Bertz CT molecular complexity index is 2710. The van der Waals surface area contributed by atoms with E-state index in [-0.39, 0.29) is 53.6 Å². The molecule has 1 fully saturated rings. The number of esters is 4. The van der Waals surface area contributed by atoms with E-state index < -0.39 is 128 Å². The normalized spacial score (nSPS) is 19.0. The van der Waals surface area contributed by atoms with Crippen molar-refractivity contribution in [1.82, 2.24) is 5.32 Å². The number of halogens is 1. The lowest BCUT2D eigenvalue weighted by Gasteiger charge is -2.43. The molecule has 2 N–H and O–H groups in total. The Morgan fingerprint density at radius 3 is 2.04 bits per heavy atom. The van der Waals surface area contributed by atoms with Crippen LogP contribution in [0, 0.1) is 0 Å². The van der Waals surface area contributed by atoms with Gasteiger partial charge < -0.3 is 56.1 Å². The molecule has 0 bridgehead atoms. The van der Waals surface area contributed by atoms with Crippen LogP contribution < -0.4 is 23.2 Å². The highest BCUT2D eigenvalue weighted by molar-refractivity contribution is 7.85. The molecule has 1 saturated heterocycles. The third-order valence-electron chi connectivity index (χ3n) is 9.26. The zero-order valence-electron chi connectivity index (χ0n) is 38.6. The van der Waals surface area contributed by atoms with Crippen molar-refractivity contribution in [2.45, 2.75) is 103 Å². The van der Waals surface area contributed by atoms with E-state index in [2.05, 4.69) is 15.3 Å². The quantitative estimate of drug-likeness (QED) is 0.0232. The first-order valence-electron chi connectivity index (χ1n) is 20.8. The van der Waals surface area contributed by atoms with Crippen LogP contribution in [0.1, 0.15) is 68.6 Å². The predicted molar refractivity (Wildman–Crippen MR) is 241 cm³/mol. The van der Waals surface area contributed by atoms with E-state index in [1.165, 1.54) is 48.5 Å². The van der Waals surface area contributed by atoms with Crippen molar-refractivity contribution in [3.63, 3.8) is 0 Å². The van der Waals surface area contributed by atoms with Gasteiger partial charge in [-0.3, -0.25) is 24.0 Å². The van der Waals surface area contributed by atoms with E-state index >= 15 is 0 Å². The zero-order chi connectivity index (χ0) is 52.6. The van der Waals surface area contributed by atoms with Crippen LogP contribution in [0.3, 0.4) is 0 Å². The fourth-order valence-electron chi connectivity index (χ4n) is 6.55. The summed E-state index contributed by atoms with van der Waals surface area (Å²) in [5.41, 5.74) is 8.86. The van der Waals surface area contributed by atoms with E-state index in [9.17, 15) is 53.5 Å². The van der Waals surface area contributed by atoms with Gasteiger partial charge in [-0.15, -0.1) is 12.3 Å². The van der Waals surface area contributed by atoms with Gasteiger partial charge in [-0.1, -0.05) is 23.3 Å². The Hall–Kier alpha value is -6.62. The van der Waals surface area contributed by atoms with Crippen molar-refractivity contribution >= 4 is 61.5 Å². The lowest BCUT2D eigenvalue weighted by molar-refractivity contribution is -0.288. The number of rotatable bonds is 25. The molecular weight excluding hydrogens is 1010 g/mol. The van der Waals surface area contributed by atoms with Crippen LogP contribution in [0.4, 0.5) is 3.89 Å². The Labute approximate surface area is 408 Å². The second kappa shape index (κ2) is 26.0. The van der Waals surface area contributed by atoms with Crippen LogP contribution in [0.5, 0.6) is 23.0 Å². The lowest BCUT2D eigenvalue weighted by Crippen LogP contribution is -2.63. The highest BCUT2D eigenvalue weighted by Gasteiger charge is 2.53. The average molecular weight is 1060 g/mol. The van der Waals surface area contributed by atoms with Crippen molar-refractivity contribution in [3.05, 3.63) is 93.4 Å². The molecular formula is C42H49FN4O21S3. The van der Waals surface area contributed by atoms with Gasteiger partial charge in [0.2, 0.25) is 12.4 Å². The van der Waals surface area contributed by atoms with Gasteiger partial charge in [-0.2, -0.15) is 8.42 Å². The number of benzene rings is 3. The number of amides is 1. The van der Waals surface area contributed by atoms with Gasteiger partial charge in [0.25, 0.3) is 5.91 Å². The van der Waals surface area contributed by atoms with E-state index in [0.717, 1.165) is 39.8 Å². The van der Waals surface area contributed by atoms with Crippen molar-refractivity contribution in [2.75, 3.05) is 19.7 Å². The van der Waals surface area contributed by atoms with Crippen LogP contribution >= 0.6 is 0 Å². The Morgan fingerprint density at radius 2 is 1.44 bits per heavy atom. The van der Waals surface area contributed by atoms with Gasteiger partial charge in [0.1, 0.15) is 36.6 Å². The Balaban J connectivity index is 1.67. The minimum atomic E-state index is -5.19. The van der Waals surface area contributed by atoms with Gasteiger partial charge in [0, 0.05) is 50.3 Å². The minimum absolute atomic E-state index is 0.0132. The first-order chi connectivity index (χ1) is 33.3. The van der Waals surface area contributed by atoms with Crippen LogP contribution in [0.25, 0.3) is 10.4 Å². The number of carbonyl (C=O) groups excluding carboxylic acids is 5. The number of hydrogen-bond donors (Lipinski definition) is 2. The third-order valence-corrected chi connectivity index (χ3v) is 11.3. The van der Waals surface area contributed by atoms with Gasteiger partial charge in [0.05, 0.1) is 24.5 Å². The summed E-state index contributed by atoms with van der Waals surface area (Å²) in [5, 5.41) is 6.05. The van der Waals surface area contributed by atoms with E-state index in [1.54, 1.807) is 13.8 Å². The maximum absolute atomic E-state index is 13.7. The van der Waals surface area contributed by atoms with Crippen LogP contribution in [0.2, 0.25) is 0 Å². The van der Waals surface area contributed by atoms with Crippen molar-refractivity contribution in [2.24, 2.45) is 5.11 Å². The molecule has 71 heavy (non-hydrogen) atoms. The maximum atomic E-state index is 13.7. The van der Waals surface area contributed by atoms with Gasteiger partial charge >= 0.3 is 44.5 Å². The molecule has 1 aliphatic heterocycles. The molecule has 0 radical (unpaired) electrons. The molecule has 0 saturated carbocycles. The second-order valence-corrected chi connectivity index (χ2v) is 18.8. The Morgan fingerprint density at radius 1 is 0.817 bits per heavy atom. The first-order valence-corrected chi connectivity index (χ1v) is 25.0. The van der Waals surface area contributed by atoms with E-state index in [0.29, 0.717) is 5.56 Å². The number of ether oxygens (including phenoxy) is 8. The van der Waals surface area contributed by atoms with Gasteiger partial charge in [0.15, 0.2) is 34.8 Å². The molecule has 25 nitrogen and oxygen atoms in total. The standard InChI is InChI=1S/C42H49FN4O21S3/c1-23(61-24(2)18-46-47-44)17-45-41(52)31-10-14-35(65-42-40(64-28(6)51)39(63-27(5)50)38(62-26(4)49)37(66-42)20-59-25(3)48)36(16-31)68-71(57,58)67-33-11-7-29(8-12-33)19-60-34-13-9-30(21-69(53)54)15-32(34)22-70(43,55)56/h7-16,23-24,37-40,42H,17-22H2,1-6H3,(H,45,52)(H,53,54)/t23?,24?,37-,38+,39+,40-,42-/m0/s1. The molecule has 388 valence electrons. The molecule has 8 atom stereocenters. The van der Waals surface area contributed by atoms with Crippen LogP contribution in [-0.2, 0) is 97.4 Å². The summed E-state index contributed by atoms with van der Waals surface area (Å²) in [6, 6.07) is 12.1. The Kier molecular flexibility index (Phi) is 20.9. The minimum Gasteiger partial charge on any atom is -0.489 e. The molecule has 1 heterocycles. The molecule has 0 aromatic heterocycles. The highest BCUT2D eigenvalue weighted by Crippen LogP contribution is 2.36. The highest BCUT2D eigenvalue weighted by atomic mass is 32.3. The molecule has 1 aliphatic rings. The molecule has 0 spiro atoms. The molecule has 1 amide bonds. The summed E-state index contributed by atoms with van der Waals surface area (Å²) in [4.78, 5) is 65.0. The van der Waals surface area contributed by atoms with Crippen molar-refractivity contribution < 1.29 is 99.7 Å². The monoisotopic (exact) mass is 1060 g/mol. The topological polar surface area (TPSA) is 344 Å². The summed E-state index contributed by atoms with van der Waals surface area (Å²) in [7, 11) is -10.2. The molecule has 0 aliphatic carbocycles. The van der Waals surface area contributed by atoms with Crippen molar-refractivity contribution in [1.29, 1.82) is 0 Å². The molecule has 4 rings (SSSR count). The van der Waals surface area contributed by atoms with Crippen LogP contribution in [-0.4, -0.2) is 118 Å². The third kappa shape index (κ3) is 19.2. The van der Waals surface area contributed by atoms with Gasteiger partial charge in [-0.25, -0.2) is 4.21 Å². The van der Waals surface area contributed by atoms with Crippen LogP contribution in [0.15, 0.2) is 65.8 Å². The average Bonchev–Trinajstić information content (AvgIpc) is 3.25. The number of azide groups is 1. The summed E-state index contributed by atoms with van der Waals surface area (Å²) in [6.45, 7) is 6.37. The van der Waals surface area contributed by atoms with Gasteiger partial charge in [-0.05, 0) is 73.0 Å². The fraction of sp³-hybridized carbons (Fsp3) is 0.452. The first kappa shape index (κ1) is 57.0. The second-order valence-electron chi connectivity index (χ2n) is 15.3. The summed E-state index contributed by atoms with van der Waals surface area (Å²) >= 11 is -2.27. The molecule has 3 aromatic rings. The predicted octanol–water partition coefficient (Wildman–Crippen LogP) is 3.78. The number of carbonyl (C=O) groups is 5. The number of hydrogen-bond acceptors (Lipinski definition) is 21. The lowest BCUT2D eigenvalue weighted by atomic mass is 9.98. The SMILES string of the molecule is CC(=O)OC[C@@H]1O[C@H](Oc2ccc(C(=O)NCC(C)OC(C)CN=[N+]=[N-])cc2OS(=O)(=O)Oc2ccc(COc3ccc(CS(=O)O)cc3CS(=O)(=O)F)cc2)[C@@H](OC(C)=O)[C@H](OC(C)=O)[C@@H]1OC(C)=O. The maximum Gasteiger partial charge on any atom is 0.501 e. The molecule has 3 aromatic carbocycles.